The Hall–Kier alpha value is 0.0700. The molecular formula is C5H13O5P. The fourth-order valence-corrected chi connectivity index (χ4v) is 0.799. The average Bonchev–Trinajstić information content (AvgIpc) is 1.85. The summed E-state index contributed by atoms with van der Waals surface area (Å²) in [5.41, 5.74) is 0. The van der Waals surface area contributed by atoms with Crippen LogP contribution < -0.4 is 0 Å². The maximum Gasteiger partial charge on any atom is 0.469 e. The van der Waals surface area contributed by atoms with Gasteiger partial charge in [-0.2, -0.15) is 0 Å². The van der Waals surface area contributed by atoms with Crippen molar-refractivity contribution in [2.24, 2.45) is 0 Å². The van der Waals surface area contributed by atoms with Crippen LogP contribution in [0.5, 0.6) is 0 Å². The molecule has 0 fully saturated rings. The van der Waals surface area contributed by atoms with E-state index in [-0.39, 0.29) is 12.7 Å². The van der Waals surface area contributed by atoms with Crippen molar-refractivity contribution in [3.05, 3.63) is 0 Å². The lowest BCUT2D eigenvalue weighted by Crippen LogP contribution is -2.08. The Morgan fingerprint density at radius 2 is 2.09 bits per heavy atom. The van der Waals surface area contributed by atoms with Gasteiger partial charge in [0.25, 0.3) is 0 Å². The standard InChI is InChI=1S/C5H13O5P/c1-5(9-2)3-4-10-11(6,7)8/h5H,3-4H2,1-2H3,(H2,6,7,8). The summed E-state index contributed by atoms with van der Waals surface area (Å²) in [6.07, 6.45) is 0.434. The molecule has 0 heterocycles. The van der Waals surface area contributed by atoms with Crippen molar-refractivity contribution in [3.8, 4) is 0 Å². The number of hydrogen-bond acceptors (Lipinski definition) is 3. The lowest BCUT2D eigenvalue weighted by Gasteiger charge is -2.09. The fourth-order valence-electron chi connectivity index (χ4n) is 0.455. The topological polar surface area (TPSA) is 76.0 Å². The molecule has 0 rings (SSSR count). The number of phosphoric ester groups is 1. The molecule has 0 radical (unpaired) electrons. The Labute approximate surface area is 65.6 Å². The molecule has 68 valence electrons. The SMILES string of the molecule is COC(C)CCOP(=O)(O)O. The maximum atomic E-state index is 10.1. The molecule has 1 atom stereocenters. The molecule has 5 nitrogen and oxygen atoms in total. The Kier molecular flexibility index (Phi) is 4.88. The van der Waals surface area contributed by atoms with E-state index in [4.69, 9.17) is 14.5 Å². The van der Waals surface area contributed by atoms with E-state index in [2.05, 4.69) is 4.52 Å². The van der Waals surface area contributed by atoms with Crippen LogP contribution in [-0.2, 0) is 13.8 Å². The van der Waals surface area contributed by atoms with Crippen molar-refractivity contribution in [2.75, 3.05) is 13.7 Å². The van der Waals surface area contributed by atoms with Crippen LogP contribution in [0.4, 0.5) is 0 Å². The zero-order valence-corrected chi connectivity index (χ0v) is 7.45. The Morgan fingerprint density at radius 3 is 2.45 bits per heavy atom. The van der Waals surface area contributed by atoms with Crippen molar-refractivity contribution in [3.63, 3.8) is 0 Å². The van der Waals surface area contributed by atoms with Crippen LogP contribution in [0.3, 0.4) is 0 Å². The first kappa shape index (κ1) is 11.1. The van der Waals surface area contributed by atoms with Crippen molar-refractivity contribution in [1.82, 2.24) is 0 Å². The smallest absolute Gasteiger partial charge is 0.382 e. The number of hydrogen-bond donors (Lipinski definition) is 2. The normalized spacial score (nSPS) is 14.9. The van der Waals surface area contributed by atoms with Crippen LogP contribution in [0.15, 0.2) is 0 Å². The van der Waals surface area contributed by atoms with E-state index in [1.54, 1.807) is 6.92 Å². The molecule has 0 aromatic heterocycles. The van der Waals surface area contributed by atoms with Crippen LogP contribution in [0.2, 0.25) is 0 Å². The van der Waals surface area contributed by atoms with Gasteiger partial charge in [0.1, 0.15) is 0 Å². The van der Waals surface area contributed by atoms with Gasteiger partial charge in [-0.25, -0.2) is 4.57 Å². The molecule has 0 amide bonds. The lowest BCUT2D eigenvalue weighted by molar-refractivity contribution is 0.0882. The molecule has 0 aliphatic heterocycles. The highest BCUT2D eigenvalue weighted by atomic mass is 31.2. The van der Waals surface area contributed by atoms with Crippen molar-refractivity contribution in [1.29, 1.82) is 0 Å². The summed E-state index contributed by atoms with van der Waals surface area (Å²) >= 11 is 0. The summed E-state index contributed by atoms with van der Waals surface area (Å²) in [5.74, 6) is 0. The molecule has 0 saturated heterocycles. The highest BCUT2D eigenvalue weighted by Crippen LogP contribution is 2.35. The molecule has 0 aliphatic rings. The van der Waals surface area contributed by atoms with Crippen molar-refractivity contribution in [2.45, 2.75) is 19.4 Å². The average molecular weight is 184 g/mol. The van der Waals surface area contributed by atoms with Crippen molar-refractivity contribution < 1.29 is 23.6 Å². The molecule has 2 N–H and O–H groups in total. The van der Waals surface area contributed by atoms with Gasteiger partial charge in [-0.15, -0.1) is 0 Å². The highest BCUT2D eigenvalue weighted by Gasteiger charge is 2.13. The van der Waals surface area contributed by atoms with E-state index in [1.165, 1.54) is 7.11 Å². The number of phosphoric acid groups is 1. The minimum absolute atomic E-state index is 0.0132. The highest BCUT2D eigenvalue weighted by molar-refractivity contribution is 7.46. The van der Waals surface area contributed by atoms with Gasteiger partial charge in [0.15, 0.2) is 0 Å². The predicted octanol–water partition coefficient (Wildman–Crippen LogP) is 0.521. The van der Waals surface area contributed by atoms with E-state index in [1.807, 2.05) is 0 Å². The molecule has 0 aromatic rings. The third-order valence-corrected chi connectivity index (χ3v) is 1.71. The first-order valence-electron chi connectivity index (χ1n) is 3.18. The first-order chi connectivity index (χ1) is 4.95. The number of rotatable bonds is 5. The van der Waals surface area contributed by atoms with Crippen LogP contribution in [0, 0.1) is 0 Å². The Bertz CT molecular complexity index is 142. The molecule has 6 heteroatoms. The largest absolute Gasteiger partial charge is 0.469 e. The molecule has 0 aliphatic carbocycles. The molecule has 11 heavy (non-hydrogen) atoms. The van der Waals surface area contributed by atoms with Gasteiger partial charge in [-0.3, -0.25) is 4.52 Å². The number of ether oxygens (including phenoxy) is 1. The Balaban J connectivity index is 3.35. The second kappa shape index (κ2) is 4.85. The quantitative estimate of drug-likeness (QED) is 0.609. The van der Waals surface area contributed by atoms with Crippen LogP contribution in [0.25, 0.3) is 0 Å². The van der Waals surface area contributed by atoms with Gasteiger partial charge in [0.2, 0.25) is 0 Å². The van der Waals surface area contributed by atoms with E-state index in [9.17, 15) is 4.57 Å². The van der Waals surface area contributed by atoms with E-state index < -0.39 is 7.82 Å². The fraction of sp³-hybridized carbons (Fsp3) is 1.00. The third-order valence-electron chi connectivity index (χ3n) is 1.19. The second-order valence-electron chi connectivity index (χ2n) is 2.16. The van der Waals surface area contributed by atoms with Crippen LogP contribution in [0.1, 0.15) is 13.3 Å². The van der Waals surface area contributed by atoms with Gasteiger partial charge in [-0.05, 0) is 13.3 Å². The molecule has 0 aromatic carbocycles. The van der Waals surface area contributed by atoms with Crippen molar-refractivity contribution >= 4 is 7.82 Å². The van der Waals surface area contributed by atoms with E-state index >= 15 is 0 Å². The predicted molar refractivity (Wildman–Crippen MR) is 39.1 cm³/mol. The minimum Gasteiger partial charge on any atom is -0.382 e. The molecule has 0 saturated carbocycles. The number of methoxy groups -OCH3 is 1. The first-order valence-corrected chi connectivity index (χ1v) is 4.71. The van der Waals surface area contributed by atoms with Crippen LogP contribution in [-0.4, -0.2) is 29.6 Å². The van der Waals surface area contributed by atoms with Gasteiger partial charge >= 0.3 is 7.82 Å². The molecule has 0 bridgehead atoms. The summed E-state index contributed by atoms with van der Waals surface area (Å²) < 4.78 is 19.2. The summed E-state index contributed by atoms with van der Waals surface area (Å²) in [7, 11) is -2.76. The van der Waals surface area contributed by atoms with Gasteiger partial charge in [0, 0.05) is 7.11 Å². The zero-order valence-electron chi connectivity index (χ0n) is 6.56. The van der Waals surface area contributed by atoms with Gasteiger partial charge < -0.3 is 14.5 Å². The Morgan fingerprint density at radius 1 is 1.55 bits per heavy atom. The van der Waals surface area contributed by atoms with E-state index in [0.29, 0.717) is 6.42 Å². The lowest BCUT2D eigenvalue weighted by atomic mass is 10.3. The second-order valence-corrected chi connectivity index (χ2v) is 3.40. The molecule has 0 spiro atoms. The zero-order chi connectivity index (χ0) is 8.91. The summed E-state index contributed by atoms with van der Waals surface area (Å²) in [6, 6.07) is 0. The monoisotopic (exact) mass is 184 g/mol. The van der Waals surface area contributed by atoms with Gasteiger partial charge in [0.05, 0.1) is 12.7 Å². The minimum atomic E-state index is -4.29. The van der Waals surface area contributed by atoms with Crippen LogP contribution >= 0.6 is 7.82 Å². The summed E-state index contributed by atoms with van der Waals surface area (Å²) in [4.78, 5) is 16.5. The summed E-state index contributed by atoms with van der Waals surface area (Å²) in [6.45, 7) is 1.81. The van der Waals surface area contributed by atoms with Gasteiger partial charge in [-0.1, -0.05) is 0 Å². The molecule has 1 unspecified atom stereocenters. The third kappa shape index (κ3) is 7.97. The maximum absolute atomic E-state index is 10.1. The molecular weight excluding hydrogens is 171 g/mol. The summed E-state index contributed by atoms with van der Waals surface area (Å²) in [5, 5.41) is 0. The van der Waals surface area contributed by atoms with E-state index in [0.717, 1.165) is 0 Å².